The fourth-order valence-electron chi connectivity index (χ4n) is 5.59. The number of nitrogens with one attached hydrogen (secondary N) is 1. The second-order valence-corrected chi connectivity index (χ2v) is 9.90. The van der Waals surface area contributed by atoms with Crippen LogP contribution in [-0.4, -0.2) is 37.6 Å². The lowest BCUT2D eigenvalue weighted by molar-refractivity contribution is -0.172. The number of carbonyl (C=O) groups excluding carboxylic acids is 2. The van der Waals surface area contributed by atoms with Crippen LogP contribution in [0.25, 0.3) is 33.2 Å². The zero-order chi connectivity index (χ0) is 26.9. The first kappa shape index (κ1) is 24.2. The Morgan fingerprint density at radius 3 is 2.71 bits per heavy atom. The number of rotatable bonds is 4. The number of esters is 1. The summed E-state index contributed by atoms with van der Waals surface area (Å²) in [5, 5.41) is 15.7. The van der Waals surface area contributed by atoms with E-state index in [1.165, 1.54) is 0 Å². The van der Waals surface area contributed by atoms with Crippen LogP contribution in [0.5, 0.6) is 0 Å². The van der Waals surface area contributed by atoms with Crippen LogP contribution in [0.4, 0.5) is 5.69 Å². The molecule has 2 aliphatic heterocycles. The summed E-state index contributed by atoms with van der Waals surface area (Å²) in [4.78, 5) is 47.7. The van der Waals surface area contributed by atoms with Gasteiger partial charge in [-0.1, -0.05) is 13.8 Å². The maximum absolute atomic E-state index is 13.6. The van der Waals surface area contributed by atoms with Crippen molar-refractivity contribution in [1.82, 2.24) is 14.5 Å². The van der Waals surface area contributed by atoms with Gasteiger partial charge in [0.05, 0.1) is 52.5 Å². The monoisotopic (exact) mass is 513 g/mol. The van der Waals surface area contributed by atoms with Crippen molar-refractivity contribution in [3.05, 3.63) is 63.1 Å². The molecule has 0 fully saturated rings. The zero-order valence-corrected chi connectivity index (χ0v) is 21.3. The van der Waals surface area contributed by atoms with Gasteiger partial charge in [-0.25, -0.2) is 9.78 Å². The average molecular weight is 514 g/mol. The number of aliphatic hydroxyl groups is 1. The van der Waals surface area contributed by atoms with Crippen molar-refractivity contribution in [2.75, 3.05) is 5.32 Å². The molecule has 0 aliphatic carbocycles. The van der Waals surface area contributed by atoms with Crippen molar-refractivity contribution in [3.63, 3.8) is 0 Å². The van der Waals surface area contributed by atoms with E-state index in [-0.39, 0.29) is 35.6 Å². The van der Waals surface area contributed by atoms with Gasteiger partial charge in [0.25, 0.3) is 5.56 Å². The van der Waals surface area contributed by atoms with Crippen LogP contribution in [0.15, 0.2) is 35.3 Å². The van der Waals surface area contributed by atoms with Gasteiger partial charge in [-0.15, -0.1) is 0 Å². The molecule has 0 bridgehead atoms. The van der Waals surface area contributed by atoms with Gasteiger partial charge in [0.1, 0.15) is 6.61 Å². The van der Waals surface area contributed by atoms with Gasteiger partial charge in [-0.2, -0.15) is 0 Å². The summed E-state index contributed by atoms with van der Waals surface area (Å²) in [6, 6.07) is 6.69. The predicted octanol–water partition coefficient (Wildman–Crippen LogP) is 2.48. The summed E-state index contributed by atoms with van der Waals surface area (Å²) in [6.45, 7) is 5.48. The minimum Gasteiger partial charge on any atom is -0.458 e. The number of aryl methyl sites for hydroxylation is 1. The van der Waals surface area contributed by atoms with Crippen LogP contribution >= 0.6 is 0 Å². The number of carbonyl (C=O) groups is 2. The summed E-state index contributed by atoms with van der Waals surface area (Å²) >= 11 is 0. The van der Waals surface area contributed by atoms with Gasteiger partial charge in [-0.05, 0) is 49.6 Å². The average Bonchev–Trinajstić information content (AvgIpc) is 3.28. The Balaban J connectivity index is 1.60. The lowest BCUT2D eigenvalue weighted by Gasteiger charge is -2.31. The SMILES string of the molecule is CCc1c2c(nc3ccc4ncc(NC(=O)[C@H](C)N)cc4c13)-c1cc3c(c(=O)n1C2)COC(=O)[C@]3(O)CC. The Hall–Kier alpha value is -4.15. The molecule has 0 saturated heterocycles. The third-order valence-corrected chi connectivity index (χ3v) is 7.66. The molecule has 0 unspecified atom stereocenters. The van der Waals surface area contributed by atoms with Crippen LogP contribution in [0.1, 0.15) is 49.4 Å². The number of hydrogen-bond acceptors (Lipinski definition) is 8. The maximum atomic E-state index is 13.6. The molecule has 194 valence electrons. The second-order valence-electron chi connectivity index (χ2n) is 9.90. The molecule has 0 spiro atoms. The van der Waals surface area contributed by atoms with Crippen LogP contribution in [0, 0.1) is 0 Å². The highest BCUT2D eigenvalue weighted by atomic mass is 16.6. The highest BCUT2D eigenvalue weighted by molar-refractivity contribution is 6.09. The summed E-state index contributed by atoms with van der Waals surface area (Å²) in [5.41, 5.74) is 9.27. The molecule has 2 aliphatic rings. The second kappa shape index (κ2) is 8.44. The Bertz CT molecular complexity index is 1760. The third-order valence-electron chi connectivity index (χ3n) is 7.66. The van der Waals surface area contributed by atoms with Gasteiger partial charge in [0.2, 0.25) is 5.91 Å². The van der Waals surface area contributed by atoms with E-state index >= 15 is 0 Å². The number of nitrogens with two attached hydrogens (primary N) is 1. The molecule has 6 rings (SSSR count). The van der Waals surface area contributed by atoms with E-state index in [2.05, 4.69) is 10.3 Å². The Kier molecular flexibility index (Phi) is 5.37. The molecule has 1 amide bonds. The zero-order valence-electron chi connectivity index (χ0n) is 21.3. The number of cyclic esters (lactones) is 1. The Labute approximate surface area is 217 Å². The van der Waals surface area contributed by atoms with Gasteiger partial charge in [0.15, 0.2) is 5.60 Å². The van der Waals surface area contributed by atoms with Gasteiger partial charge in [0, 0.05) is 21.9 Å². The molecule has 38 heavy (non-hydrogen) atoms. The smallest absolute Gasteiger partial charge is 0.343 e. The molecule has 3 aromatic heterocycles. The molecular formula is C28H27N5O5. The van der Waals surface area contributed by atoms with E-state index in [4.69, 9.17) is 15.5 Å². The van der Waals surface area contributed by atoms with E-state index in [1.54, 1.807) is 30.7 Å². The number of amides is 1. The first-order valence-electron chi connectivity index (χ1n) is 12.7. The van der Waals surface area contributed by atoms with E-state index < -0.39 is 17.6 Å². The van der Waals surface area contributed by atoms with Crippen LogP contribution < -0.4 is 16.6 Å². The van der Waals surface area contributed by atoms with E-state index in [1.807, 2.05) is 25.1 Å². The van der Waals surface area contributed by atoms with Crippen molar-refractivity contribution < 1.29 is 19.4 Å². The van der Waals surface area contributed by atoms with Crippen molar-refractivity contribution in [2.24, 2.45) is 5.73 Å². The minimum absolute atomic E-state index is 0.0841. The summed E-state index contributed by atoms with van der Waals surface area (Å²) in [7, 11) is 0. The summed E-state index contributed by atoms with van der Waals surface area (Å²) < 4.78 is 6.81. The molecule has 1 aromatic carbocycles. The van der Waals surface area contributed by atoms with Gasteiger partial charge in [-0.3, -0.25) is 14.6 Å². The first-order chi connectivity index (χ1) is 18.2. The highest BCUT2D eigenvalue weighted by Gasteiger charge is 2.45. The van der Waals surface area contributed by atoms with E-state index in [0.29, 0.717) is 35.6 Å². The Morgan fingerprint density at radius 2 is 2.00 bits per heavy atom. The topological polar surface area (TPSA) is 149 Å². The Morgan fingerprint density at radius 1 is 1.24 bits per heavy atom. The maximum Gasteiger partial charge on any atom is 0.343 e. The quantitative estimate of drug-likeness (QED) is 0.245. The molecular weight excluding hydrogens is 486 g/mol. The van der Waals surface area contributed by atoms with Crippen molar-refractivity contribution >= 4 is 39.4 Å². The normalized spacial score (nSPS) is 18.6. The number of nitrogens with zero attached hydrogens (tertiary/aromatic N) is 3. The number of benzene rings is 1. The molecule has 4 aromatic rings. The van der Waals surface area contributed by atoms with E-state index in [9.17, 15) is 19.5 Å². The summed E-state index contributed by atoms with van der Waals surface area (Å²) in [5.74, 6) is -1.06. The third kappa shape index (κ3) is 3.30. The van der Waals surface area contributed by atoms with Crippen molar-refractivity contribution in [2.45, 2.75) is 58.4 Å². The predicted molar refractivity (Wildman–Crippen MR) is 141 cm³/mol. The van der Waals surface area contributed by atoms with Gasteiger partial charge < -0.3 is 25.5 Å². The molecule has 10 heteroatoms. The molecule has 10 nitrogen and oxygen atoms in total. The fraction of sp³-hybridized carbons (Fsp3) is 0.321. The van der Waals surface area contributed by atoms with Crippen molar-refractivity contribution in [1.29, 1.82) is 0 Å². The number of hydrogen-bond donors (Lipinski definition) is 3. The van der Waals surface area contributed by atoms with Crippen LogP contribution in [0.2, 0.25) is 0 Å². The van der Waals surface area contributed by atoms with E-state index in [0.717, 1.165) is 27.4 Å². The largest absolute Gasteiger partial charge is 0.458 e. The highest BCUT2D eigenvalue weighted by Crippen LogP contribution is 2.41. The molecule has 0 radical (unpaired) electrons. The standard InChI is InChI=1S/C28H27N5O5/c1-4-15-17-11-33-22(9-19-18(26(33)35)12-38-27(36)28(19,37)5-2)24(17)32-21-7-6-20-16(23(15)21)8-14(10-30-20)31-25(34)13(3)29/h6-10,13,37H,4-5,11-12,29H2,1-3H3,(H,31,34)/t13-,28-/m0/s1. The van der Waals surface area contributed by atoms with Crippen LogP contribution in [-0.2, 0) is 39.5 Å². The number of ether oxygens (including phenoxy) is 1. The number of aromatic nitrogens is 3. The molecule has 2 atom stereocenters. The molecule has 5 heterocycles. The van der Waals surface area contributed by atoms with Gasteiger partial charge >= 0.3 is 5.97 Å². The summed E-state index contributed by atoms with van der Waals surface area (Å²) in [6.07, 6.45) is 2.35. The van der Waals surface area contributed by atoms with Crippen molar-refractivity contribution in [3.8, 4) is 11.4 Å². The fourth-order valence-corrected chi connectivity index (χ4v) is 5.59. The lowest BCUT2D eigenvalue weighted by atomic mass is 9.86. The molecule has 0 saturated carbocycles. The number of pyridine rings is 3. The minimum atomic E-state index is -1.88. The molecule has 4 N–H and O–H groups in total. The number of fused-ring (bicyclic) bond motifs is 7. The first-order valence-corrected chi connectivity index (χ1v) is 12.7. The number of anilines is 1. The van der Waals surface area contributed by atoms with Crippen LogP contribution in [0.3, 0.4) is 0 Å². The lowest BCUT2D eigenvalue weighted by Crippen LogP contribution is -2.44.